The van der Waals surface area contributed by atoms with Crippen LogP contribution in [0.1, 0.15) is 0 Å². The molecule has 3 bridgehead atoms. The average Bonchev–Trinajstić information content (AvgIpc) is 2.28. The highest BCUT2D eigenvalue weighted by Gasteiger charge is 2.50. The smallest absolute Gasteiger partial charge is 0.504 e. The fourth-order valence-electron chi connectivity index (χ4n) is 1.24. The minimum Gasteiger partial charge on any atom is -0.504 e. The Balaban J connectivity index is 2.44. The molecule has 0 aromatic heterocycles. The van der Waals surface area contributed by atoms with Crippen LogP contribution in [-0.4, -0.2) is 10.2 Å². The molecule has 0 saturated heterocycles. The molecule has 0 amide bonds. The van der Waals surface area contributed by atoms with Gasteiger partial charge in [0.05, 0.1) is 0 Å². The predicted octanol–water partition coefficient (Wildman–Crippen LogP) is 1.37. The highest BCUT2D eigenvalue weighted by molar-refractivity contribution is 7.50. The fraction of sp³-hybridized carbons (Fsp3) is 0. The molecule has 2 heterocycles. The Labute approximate surface area is 71.9 Å². The Hall–Kier alpha value is -1.55. The molecule has 68 valence electrons. The molecule has 0 radical (unpaired) electrons. The van der Waals surface area contributed by atoms with E-state index in [-0.39, 0.29) is 28.7 Å². The van der Waals surface area contributed by atoms with Crippen molar-refractivity contribution in [1.29, 1.82) is 0 Å². The van der Waals surface area contributed by atoms with Gasteiger partial charge in [0, 0.05) is 6.07 Å². The molecule has 1 aromatic carbocycles. The Morgan fingerprint density at radius 2 is 1.85 bits per heavy atom. The first-order valence-electron chi connectivity index (χ1n) is 3.37. The number of phenolic OH excluding ortho intramolecular Hbond substituents is 2. The van der Waals surface area contributed by atoms with Crippen molar-refractivity contribution in [3.8, 4) is 28.7 Å². The maximum absolute atomic E-state index is 11.4. The van der Waals surface area contributed by atoms with Crippen LogP contribution in [0.25, 0.3) is 0 Å². The zero-order valence-corrected chi connectivity index (χ0v) is 6.95. The van der Waals surface area contributed by atoms with Crippen molar-refractivity contribution in [2.24, 2.45) is 0 Å². The number of benzene rings is 1. The van der Waals surface area contributed by atoms with Gasteiger partial charge in [0.1, 0.15) is 0 Å². The van der Waals surface area contributed by atoms with Crippen molar-refractivity contribution in [2.75, 3.05) is 0 Å². The van der Waals surface area contributed by atoms with Gasteiger partial charge in [-0.25, -0.2) is 0 Å². The standard InChI is InChI=1S/C6H3O6P/c7-2-1-3-4(8)6-5(2)11-13(9,10-3)12-6/h1,7-8H. The van der Waals surface area contributed by atoms with Crippen LogP contribution in [0.3, 0.4) is 0 Å². The zero-order chi connectivity index (χ0) is 9.22. The molecule has 1 atom stereocenters. The van der Waals surface area contributed by atoms with E-state index in [0.29, 0.717) is 0 Å². The highest BCUT2D eigenvalue weighted by Crippen LogP contribution is 2.70. The van der Waals surface area contributed by atoms with E-state index in [9.17, 15) is 14.8 Å². The zero-order valence-electron chi connectivity index (χ0n) is 6.05. The van der Waals surface area contributed by atoms with Gasteiger partial charge in [-0.3, -0.25) is 0 Å². The lowest BCUT2D eigenvalue weighted by Gasteiger charge is -2.14. The largest absolute Gasteiger partial charge is 0.647 e. The minimum atomic E-state index is -3.65. The second kappa shape index (κ2) is 1.70. The Morgan fingerprint density at radius 3 is 2.62 bits per heavy atom. The molecule has 0 fully saturated rings. The fourth-order valence-corrected chi connectivity index (χ4v) is 2.52. The number of phosphoric acid groups is 1. The molecule has 1 aromatic rings. The third-order valence-corrected chi connectivity index (χ3v) is 3.00. The summed E-state index contributed by atoms with van der Waals surface area (Å²) in [4.78, 5) is 0. The summed E-state index contributed by atoms with van der Waals surface area (Å²) in [6.07, 6.45) is 0. The Kier molecular flexibility index (Phi) is 0.902. The molecule has 3 rings (SSSR count). The first-order chi connectivity index (χ1) is 6.09. The van der Waals surface area contributed by atoms with Gasteiger partial charge in [0.2, 0.25) is 17.2 Å². The van der Waals surface area contributed by atoms with Crippen molar-refractivity contribution in [2.45, 2.75) is 0 Å². The topological polar surface area (TPSA) is 85.2 Å². The molecule has 1 unspecified atom stereocenters. The van der Waals surface area contributed by atoms with E-state index in [1.54, 1.807) is 0 Å². The number of aromatic hydroxyl groups is 2. The van der Waals surface area contributed by atoms with Crippen LogP contribution in [-0.2, 0) is 4.57 Å². The van der Waals surface area contributed by atoms with E-state index in [1.807, 2.05) is 0 Å². The molecule has 2 aliphatic heterocycles. The summed E-state index contributed by atoms with van der Waals surface area (Å²) in [6.45, 7) is 0. The lowest BCUT2D eigenvalue weighted by molar-refractivity contribution is 0.305. The molecular weight excluding hydrogens is 199 g/mol. The lowest BCUT2D eigenvalue weighted by atomic mass is 10.2. The van der Waals surface area contributed by atoms with Crippen LogP contribution < -0.4 is 13.6 Å². The van der Waals surface area contributed by atoms with Gasteiger partial charge in [-0.05, 0) is 0 Å². The molecule has 2 N–H and O–H groups in total. The van der Waals surface area contributed by atoms with Gasteiger partial charge in [0.15, 0.2) is 11.5 Å². The molecule has 6 nitrogen and oxygen atoms in total. The Morgan fingerprint density at radius 1 is 1.15 bits per heavy atom. The second-order valence-corrected chi connectivity index (χ2v) is 4.06. The summed E-state index contributed by atoms with van der Waals surface area (Å²) in [5, 5.41) is 18.6. The third kappa shape index (κ3) is 0.667. The molecule has 13 heavy (non-hydrogen) atoms. The van der Waals surface area contributed by atoms with E-state index in [1.165, 1.54) is 0 Å². The first kappa shape index (κ1) is 6.91. The van der Waals surface area contributed by atoms with E-state index in [0.717, 1.165) is 6.07 Å². The molecule has 0 aliphatic carbocycles. The van der Waals surface area contributed by atoms with Crippen LogP contribution >= 0.6 is 7.82 Å². The summed E-state index contributed by atoms with van der Waals surface area (Å²) < 4.78 is 25.5. The van der Waals surface area contributed by atoms with Gasteiger partial charge in [-0.2, -0.15) is 4.57 Å². The van der Waals surface area contributed by atoms with Crippen LogP contribution in [0, 0.1) is 0 Å². The number of fused-ring (bicyclic) bond motifs is 2. The Bertz CT molecular complexity index is 452. The van der Waals surface area contributed by atoms with Gasteiger partial charge in [-0.1, -0.05) is 0 Å². The third-order valence-electron chi connectivity index (χ3n) is 1.77. The van der Waals surface area contributed by atoms with Crippen molar-refractivity contribution in [3.05, 3.63) is 6.07 Å². The summed E-state index contributed by atoms with van der Waals surface area (Å²) >= 11 is 0. The van der Waals surface area contributed by atoms with Gasteiger partial charge >= 0.3 is 7.82 Å². The SMILES string of the molecule is O=P12Oc3cc(O)c(c(c3O)O1)O2. The summed E-state index contributed by atoms with van der Waals surface area (Å²) in [6, 6.07) is 1.12. The quantitative estimate of drug-likeness (QED) is 0.488. The maximum atomic E-state index is 11.4. The van der Waals surface area contributed by atoms with E-state index in [4.69, 9.17) is 9.05 Å². The van der Waals surface area contributed by atoms with E-state index in [2.05, 4.69) is 4.52 Å². The molecule has 0 spiro atoms. The van der Waals surface area contributed by atoms with Gasteiger partial charge in [0.25, 0.3) is 0 Å². The maximum Gasteiger partial charge on any atom is 0.647 e. The van der Waals surface area contributed by atoms with Crippen molar-refractivity contribution in [1.82, 2.24) is 0 Å². The predicted molar refractivity (Wildman–Crippen MR) is 39.3 cm³/mol. The van der Waals surface area contributed by atoms with Crippen molar-refractivity contribution >= 4 is 7.82 Å². The number of rotatable bonds is 0. The van der Waals surface area contributed by atoms with E-state index < -0.39 is 7.82 Å². The monoisotopic (exact) mass is 202 g/mol. The molecule has 7 heteroatoms. The van der Waals surface area contributed by atoms with Gasteiger partial charge in [-0.15, -0.1) is 0 Å². The van der Waals surface area contributed by atoms with Crippen molar-refractivity contribution in [3.63, 3.8) is 0 Å². The van der Waals surface area contributed by atoms with Crippen LogP contribution in [0.2, 0.25) is 0 Å². The minimum absolute atomic E-state index is 0.0941. The number of phenols is 2. The average molecular weight is 202 g/mol. The summed E-state index contributed by atoms with van der Waals surface area (Å²) in [5.74, 6) is -0.926. The first-order valence-corrected chi connectivity index (χ1v) is 4.83. The molecule has 2 aliphatic rings. The molecular formula is C6H3O6P. The second-order valence-electron chi connectivity index (χ2n) is 2.62. The van der Waals surface area contributed by atoms with Crippen LogP contribution in [0.4, 0.5) is 0 Å². The summed E-state index contributed by atoms with van der Waals surface area (Å²) in [5.41, 5.74) is 0. The van der Waals surface area contributed by atoms with Crippen LogP contribution in [0.5, 0.6) is 28.7 Å². The normalized spacial score (nSPS) is 26.5. The summed E-state index contributed by atoms with van der Waals surface area (Å²) in [7, 11) is -3.65. The van der Waals surface area contributed by atoms with E-state index >= 15 is 0 Å². The van der Waals surface area contributed by atoms with Crippen LogP contribution in [0.15, 0.2) is 6.07 Å². The van der Waals surface area contributed by atoms with Crippen molar-refractivity contribution < 1.29 is 28.3 Å². The molecule has 0 saturated carbocycles. The van der Waals surface area contributed by atoms with Gasteiger partial charge < -0.3 is 23.8 Å². The lowest BCUT2D eigenvalue weighted by Crippen LogP contribution is -2.02. The number of hydrogen-bond acceptors (Lipinski definition) is 6. The number of hydrogen-bond donors (Lipinski definition) is 2. The number of phosphoric ester groups is 1. The highest BCUT2D eigenvalue weighted by atomic mass is 31.2.